The largest absolute Gasteiger partial charge is 0.254 e. The van der Waals surface area contributed by atoms with E-state index >= 15 is 0 Å². The van der Waals surface area contributed by atoms with E-state index in [1.807, 2.05) is 32.0 Å². The second-order valence-electron chi connectivity index (χ2n) is 5.77. The predicted octanol–water partition coefficient (Wildman–Crippen LogP) is 4.06. The first-order valence-corrected chi connectivity index (χ1v) is 8.26. The Morgan fingerprint density at radius 2 is 1.50 bits per heavy atom. The molecule has 0 saturated carbocycles. The maximum atomic E-state index is 11.6. The molecule has 107 valence electrons. The molecule has 2 aromatic carbocycles. The van der Waals surface area contributed by atoms with Crippen LogP contribution in [0, 0.1) is 0 Å². The van der Waals surface area contributed by atoms with Crippen LogP contribution in [0.3, 0.4) is 0 Å². The summed E-state index contributed by atoms with van der Waals surface area (Å²) in [5, 5.41) is 9.36. The molecule has 0 amide bonds. The lowest BCUT2D eigenvalue weighted by molar-refractivity contribution is 0.596. The van der Waals surface area contributed by atoms with Crippen LogP contribution in [0.25, 0.3) is 10.8 Å². The molecule has 1 radical (unpaired) electrons. The maximum absolute atomic E-state index is 11.6. The summed E-state index contributed by atoms with van der Waals surface area (Å²) in [5.74, 6) is 0.518. The van der Waals surface area contributed by atoms with Crippen LogP contribution in [0.2, 0.25) is 0 Å². The van der Waals surface area contributed by atoms with Gasteiger partial charge in [0.2, 0.25) is 0 Å². The van der Waals surface area contributed by atoms with Gasteiger partial charge in [0, 0.05) is 0 Å². The quantitative estimate of drug-likeness (QED) is 0.856. The third kappa shape index (κ3) is 2.72. The Kier molecular flexibility index (Phi) is 3.89. The zero-order chi connectivity index (χ0) is 15.1. The number of hydrogen-bond donors (Lipinski definition) is 0. The third-order valence-corrected chi connectivity index (χ3v) is 4.45. The minimum Gasteiger partial charge on any atom is -0.206 e. The highest BCUT2D eigenvalue weighted by molar-refractivity contribution is 7.88. The number of benzene rings is 2. The van der Waals surface area contributed by atoms with Crippen LogP contribution in [0.15, 0.2) is 35.2 Å². The molecule has 0 atom stereocenters. The molecule has 20 heavy (non-hydrogen) atoms. The molecule has 0 saturated heterocycles. The molecule has 0 heterocycles. The van der Waals surface area contributed by atoms with E-state index in [2.05, 4.69) is 13.8 Å². The van der Waals surface area contributed by atoms with Crippen LogP contribution in [0.5, 0.6) is 0 Å². The number of fused-ring (bicyclic) bond motifs is 1. The molecule has 0 aliphatic heterocycles. The Hall–Kier alpha value is -1.39. The van der Waals surface area contributed by atoms with Crippen molar-refractivity contribution in [2.24, 2.45) is 0 Å². The Morgan fingerprint density at radius 1 is 0.900 bits per heavy atom. The zero-order valence-corrected chi connectivity index (χ0v) is 13.1. The summed E-state index contributed by atoms with van der Waals surface area (Å²) in [7, 11) is -3.94. The number of nitrogens with one attached hydrogen (secondary N) is 1. The van der Waals surface area contributed by atoms with Gasteiger partial charge >= 0.3 is 0 Å². The molecule has 3 nitrogen and oxygen atoms in total. The van der Waals surface area contributed by atoms with Crippen LogP contribution in [-0.4, -0.2) is 8.42 Å². The Morgan fingerprint density at radius 3 is 2.00 bits per heavy atom. The maximum Gasteiger partial charge on any atom is 0.254 e. The SMILES string of the molecule is CC(C)c1cc(S([NH])(=O)=O)cc2c(C(C)C)cccc12. The van der Waals surface area contributed by atoms with Gasteiger partial charge in [0.05, 0.1) is 4.90 Å². The van der Waals surface area contributed by atoms with Gasteiger partial charge in [0.15, 0.2) is 0 Å². The van der Waals surface area contributed by atoms with E-state index in [1.165, 1.54) is 0 Å². The second-order valence-corrected chi connectivity index (χ2v) is 7.25. The summed E-state index contributed by atoms with van der Waals surface area (Å²) in [6.45, 7) is 8.26. The van der Waals surface area contributed by atoms with E-state index in [9.17, 15) is 8.42 Å². The Balaban J connectivity index is 2.94. The van der Waals surface area contributed by atoms with Gasteiger partial charge < -0.3 is 0 Å². The summed E-state index contributed by atoms with van der Waals surface area (Å²) >= 11 is 0. The topological polar surface area (TPSA) is 57.9 Å². The molecule has 0 unspecified atom stereocenters. The van der Waals surface area contributed by atoms with E-state index in [1.54, 1.807) is 12.1 Å². The first-order valence-electron chi connectivity index (χ1n) is 6.78. The molecule has 0 aliphatic rings. The number of sulfonamides is 1. The fourth-order valence-corrected chi connectivity index (χ4v) is 3.10. The number of hydrogen-bond acceptors (Lipinski definition) is 2. The lowest BCUT2D eigenvalue weighted by Crippen LogP contribution is -2.04. The van der Waals surface area contributed by atoms with Gasteiger partial charge in [-0.1, -0.05) is 45.9 Å². The zero-order valence-electron chi connectivity index (χ0n) is 12.3. The van der Waals surface area contributed by atoms with Crippen LogP contribution in [0.1, 0.15) is 50.7 Å². The highest BCUT2D eigenvalue weighted by atomic mass is 32.2. The van der Waals surface area contributed by atoms with Crippen molar-refractivity contribution in [2.75, 3.05) is 0 Å². The van der Waals surface area contributed by atoms with Crippen molar-refractivity contribution < 1.29 is 8.42 Å². The lowest BCUT2D eigenvalue weighted by Gasteiger charge is -2.16. The van der Waals surface area contributed by atoms with Gasteiger partial charge in [-0.25, -0.2) is 8.42 Å². The standard InChI is InChI=1S/C16H20NO2S/c1-10(2)13-6-5-7-14-15(11(3)4)8-12(9-16(13)14)20(17,18)19/h5-11,17H,1-4H3. The fraction of sp³-hybridized carbons (Fsp3) is 0.375. The molecule has 0 spiro atoms. The molecule has 0 aromatic heterocycles. The van der Waals surface area contributed by atoms with Crippen molar-refractivity contribution in [2.45, 2.75) is 44.4 Å². The van der Waals surface area contributed by atoms with Crippen LogP contribution >= 0.6 is 0 Å². The first kappa shape index (κ1) is 15.0. The molecular formula is C16H20NO2S. The molecule has 0 bridgehead atoms. The molecule has 2 aromatic rings. The van der Waals surface area contributed by atoms with Gasteiger partial charge in [-0.3, -0.25) is 0 Å². The van der Waals surface area contributed by atoms with E-state index in [4.69, 9.17) is 5.14 Å². The van der Waals surface area contributed by atoms with Crippen molar-refractivity contribution in [1.29, 1.82) is 0 Å². The minimum absolute atomic E-state index is 0.0850. The van der Waals surface area contributed by atoms with E-state index in [0.717, 1.165) is 21.9 Å². The van der Waals surface area contributed by atoms with E-state index < -0.39 is 10.0 Å². The van der Waals surface area contributed by atoms with Crippen molar-refractivity contribution >= 4 is 20.8 Å². The summed E-state index contributed by atoms with van der Waals surface area (Å²) in [4.78, 5) is 0.0850. The van der Waals surface area contributed by atoms with Crippen molar-refractivity contribution in [3.8, 4) is 0 Å². The van der Waals surface area contributed by atoms with Crippen LogP contribution in [0.4, 0.5) is 0 Å². The van der Waals surface area contributed by atoms with Crippen molar-refractivity contribution in [3.05, 3.63) is 41.5 Å². The van der Waals surface area contributed by atoms with Crippen LogP contribution in [-0.2, 0) is 10.0 Å². The summed E-state index contributed by atoms with van der Waals surface area (Å²) < 4.78 is 23.2. The molecule has 4 heteroatoms. The van der Waals surface area contributed by atoms with Gasteiger partial charge in [-0.2, -0.15) is 0 Å². The fourth-order valence-electron chi connectivity index (χ4n) is 2.55. The molecule has 0 aliphatic carbocycles. The highest BCUT2D eigenvalue weighted by Gasteiger charge is 2.16. The molecule has 0 fully saturated rings. The summed E-state index contributed by atoms with van der Waals surface area (Å²) in [5.41, 5.74) is 2.10. The number of rotatable bonds is 3. The monoisotopic (exact) mass is 290 g/mol. The Bertz CT molecular complexity index is 746. The van der Waals surface area contributed by atoms with E-state index in [-0.39, 0.29) is 10.8 Å². The smallest absolute Gasteiger partial charge is 0.206 e. The predicted molar refractivity (Wildman–Crippen MR) is 82.4 cm³/mol. The third-order valence-electron chi connectivity index (χ3n) is 3.59. The molecule has 2 rings (SSSR count). The normalized spacial score (nSPS) is 12.6. The van der Waals surface area contributed by atoms with Gasteiger partial charge in [-0.05, 0) is 45.9 Å². The molecule has 1 N–H and O–H groups in total. The molecular weight excluding hydrogens is 270 g/mol. The lowest BCUT2D eigenvalue weighted by atomic mass is 9.90. The first-order chi connectivity index (χ1) is 9.21. The summed E-state index contributed by atoms with van der Waals surface area (Å²) in [6.07, 6.45) is 0. The van der Waals surface area contributed by atoms with Crippen molar-refractivity contribution in [1.82, 2.24) is 5.14 Å². The van der Waals surface area contributed by atoms with Crippen LogP contribution < -0.4 is 5.14 Å². The van der Waals surface area contributed by atoms with Crippen molar-refractivity contribution in [3.63, 3.8) is 0 Å². The minimum atomic E-state index is -3.94. The van der Waals surface area contributed by atoms with Gasteiger partial charge in [0.1, 0.15) is 0 Å². The second kappa shape index (κ2) is 5.19. The van der Waals surface area contributed by atoms with Gasteiger partial charge in [0.25, 0.3) is 10.0 Å². The average molecular weight is 290 g/mol. The van der Waals surface area contributed by atoms with Gasteiger partial charge in [-0.15, -0.1) is 5.14 Å². The highest BCUT2D eigenvalue weighted by Crippen LogP contribution is 2.33. The average Bonchev–Trinajstić information content (AvgIpc) is 2.35. The van der Waals surface area contributed by atoms with E-state index in [0.29, 0.717) is 5.92 Å². The summed E-state index contributed by atoms with van der Waals surface area (Å²) in [6, 6.07) is 9.34. The Labute approximate surface area is 120 Å².